The predicted molar refractivity (Wildman–Crippen MR) is 68.2 cm³/mol. The van der Waals surface area contributed by atoms with Crippen molar-refractivity contribution in [3.63, 3.8) is 0 Å². The largest absolute Gasteiger partial charge is 0.438 e. The van der Waals surface area contributed by atoms with Crippen molar-refractivity contribution in [1.29, 1.82) is 0 Å². The fraction of sp³-hybridized carbons (Fsp3) is 0.200. The summed E-state index contributed by atoms with van der Waals surface area (Å²) in [4.78, 5) is 16.4. The number of aromatic nitrogens is 1. The molecular weight excluding hydrogens is 226 g/mol. The highest BCUT2D eigenvalue weighted by Gasteiger charge is 2.23. The number of Topliss-reactive ketones (excluding diaryl/α,β-unsaturated/α-hetero) is 1. The van der Waals surface area contributed by atoms with Gasteiger partial charge in [0, 0.05) is 18.2 Å². The summed E-state index contributed by atoms with van der Waals surface area (Å²) in [5, 5.41) is 0. The highest BCUT2D eigenvalue weighted by molar-refractivity contribution is 6.00. The van der Waals surface area contributed by atoms with Gasteiger partial charge in [-0.1, -0.05) is 19.1 Å². The number of nitrogens with zero attached hydrogens (tertiary/aromatic N) is 1. The summed E-state index contributed by atoms with van der Waals surface area (Å²) in [6, 6.07) is 9.42. The van der Waals surface area contributed by atoms with Gasteiger partial charge >= 0.3 is 0 Å². The molecule has 1 aromatic carbocycles. The molecule has 2 heterocycles. The molecule has 0 bridgehead atoms. The van der Waals surface area contributed by atoms with E-state index in [0.29, 0.717) is 17.9 Å². The number of ketones is 1. The average molecular weight is 239 g/mol. The summed E-state index contributed by atoms with van der Waals surface area (Å²) in [7, 11) is 0. The second kappa shape index (κ2) is 4.26. The summed E-state index contributed by atoms with van der Waals surface area (Å²) in [6.07, 6.45) is 2.92. The SMILES string of the molecule is CCc1cccc2c1CC(=O)c1cccnc1O2. The molecule has 1 aromatic heterocycles. The van der Waals surface area contributed by atoms with Gasteiger partial charge in [-0.15, -0.1) is 0 Å². The fourth-order valence-electron chi connectivity index (χ4n) is 2.28. The number of pyridine rings is 1. The number of aryl methyl sites for hydroxylation is 1. The number of benzene rings is 1. The van der Waals surface area contributed by atoms with Gasteiger partial charge in [0.15, 0.2) is 5.78 Å². The van der Waals surface area contributed by atoms with Crippen LogP contribution in [-0.4, -0.2) is 10.8 Å². The van der Waals surface area contributed by atoms with Gasteiger partial charge in [0.05, 0.1) is 5.56 Å². The molecule has 2 aromatic rings. The van der Waals surface area contributed by atoms with Gasteiger partial charge in [0.2, 0.25) is 5.88 Å². The van der Waals surface area contributed by atoms with E-state index >= 15 is 0 Å². The Morgan fingerprint density at radius 2 is 2.17 bits per heavy atom. The molecule has 0 N–H and O–H groups in total. The topological polar surface area (TPSA) is 39.2 Å². The first-order chi connectivity index (χ1) is 8.79. The Kier molecular flexibility index (Phi) is 2.59. The van der Waals surface area contributed by atoms with E-state index in [1.807, 2.05) is 18.2 Å². The Hall–Kier alpha value is -2.16. The van der Waals surface area contributed by atoms with Crippen molar-refractivity contribution in [2.45, 2.75) is 19.8 Å². The molecule has 3 heteroatoms. The van der Waals surface area contributed by atoms with Gasteiger partial charge in [0.1, 0.15) is 5.75 Å². The van der Waals surface area contributed by atoms with Crippen LogP contribution in [0.3, 0.4) is 0 Å². The second-order valence-corrected chi connectivity index (χ2v) is 4.31. The van der Waals surface area contributed by atoms with Crippen molar-refractivity contribution >= 4 is 5.78 Å². The maximum atomic E-state index is 12.2. The van der Waals surface area contributed by atoms with E-state index in [4.69, 9.17) is 4.74 Å². The van der Waals surface area contributed by atoms with Crippen LogP contribution in [-0.2, 0) is 12.8 Å². The molecule has 90 valence electrons. The minimum absolute atomic E-state index is 0.0674. The second-order valence-electron chi connectivity index (χ2n) is 4.31. The van der Waals surface area contributed by atoms with E-state index in [9.17, 15) is 4.79 Å². The van der Waals surface area contributed by atoms with Crippen molar-refractivity contribution in [3.05, 3.63) is 53.2 Å². The third-order valence-electron chi connectivity index (χ3n) is 3.23. The van der Waals surface area contributed by atoms with Gasteiger partial charge in [-0.25, -0.2) is 4.98 Å². The lowest BCUT2D eigenvalue weighted by atomic mass is 9.98. The van der Waals surface area contributed by atoms with Crippen LogP contribution in [0.1, 0.15) is 28.4 Å². The van der Waals surface area contributed by atoms with E-state index < -0.39 is 0 Å². The first kappa shape index (κ1) is 11.0. The molecule has 0 unspecified atom stereocenters. The van der Waals surface area contributed by atoms with Crippen LogP contribution < -0.4 is 4.74 Å². The van der Waals surface area contributed by atoms with Crippen molar-refractivity contribution in [1.82, 2.24) is 4.98 Å². The summed E-state index contributed by atoms with van der Waals surface area (Å²) in [6.45, 7) is 2.08. The van der Waals surface area contributed by atoms with Crippen molar-refractivity contribution in [3.8, 4) is 11.6 Å². The number of hydrogen-bond acceptors (Lipinski definition) is 3. The molecule has 0 amide bonds. The first-order valence-electron chi connectivity index (χ1n) is 6.06. The Labute approximate surface area is 105 Å². The van der Waals surface area contributed by atoms with E-state index in [1.165, 1.54) is 0 Å². The molecule has 0 aliphatic carbocycles. The Morgan fingerprint density at radius 3 is 3.00 bits per heavy atom. The van der Waals surface area contributed by atoms with Crippen molar-refractivity contribution in [2.24, 2.45) is 0 Å². The summed E-state index contributed by atoms with van der Waals surface area (Å²) in [5.41, 5.74) is 2.72. The number of carbonyl (C=O) groups is 1. The normalized spacial score (nSPS) is 13.3. The minimum Gasteiger partial charge on any atom is -0.438 e. The molecule has 1 aliphatic rings. The van der Waals surface area contributed by atoms with Gasteiger partial charge in [-0.2, -0.15) is 0 Å². The molecule has 0 spiro atoms. The number of fused-ring (bicyclic) bond motifs is 2. The summed E-state index contributed by atoms with van der Waals surface area (Å²) < 4.78 is 5.78. The highest BCUT2D eigenvalue weighted by atomic mass is 16.5. The van der Waals surface area contributed by atoms with E-state index in [-0.39, 0.29) is 5.78 Å². The lowest BCUT2D eigenvalue weighted by molar-refractivity contribution is 0.0993. The average Bonchev–Trinajstić information content (AvgIpc) is 2.54. The number of carbonyl (C=O) groups excluding carboxylic acids is 1. The molecule has 0 fully saturated rings. The maximum Gasteiger partial charge on any atom is 0.230 e. The molecule has 0 saturated heterocycles. The van der Waals surface area contributed by atoms with Crippen LogP contribution >= 0.6 is 0 Å². The number of rotatable bonds is 1. The lowest BCUT2D eigenvalue weighted by Crippen LogP contribution is -2.03. The van der Waals surface area contributed by atoms with Gasteiger partial charge in [-0.05, 0) is 30.2 Å². The number of ether oxygens (including phenoxy) is 1. The zero-order valence-corrected chi connectivity index (χ0v) is 10.1. The van der Waals surface area contributed by atoms with Gasteiger partial charge in [0.25, 0.3) is 0 Å². The molecule has 1 aliphatic heterocycles. The third-order valence-corrected chi connectivity index (χ3v) is 3.23. The highest BCUT2D eigenvalue weighted by Crippen LogP contribution is 2.33. The summed E-state index contributed by atoms with van der Waals surface area (Å²) in [5.74, 6) is 1.23. The third kappa shape index (κ3) is 1.68. The van der Waals surface area contributed by atoms with Crippen molar-refractivity contribution < 1.29 is 9.53 Å². The van der Waals surface area contributed by atoms with Crippen LogP contribution in [0.25, 0.3) is 0 Å². The minimum atomic E-state index is 0.0674. The molecule has 0 radical (unpaired) electrons. The van der Waals surface area contributed by atoms with Crippen LogP contribution in [0.5, 0.6) is 11.6 Å². The van der Waals surface area contributed by atoms with Gasteiger partial charge in [-0.3, -0.25) is 4.79 Å². The number of hydrogen-bond donors (Lipinski definition) is 0. The van der Waals surface area contributed by atoms with Crippen LogP contribution in [0.15, 0.2) is 36.5 Å². The molecule has 0 atom stereocenters. The van der Waals surface area contributed by atoms with E-state index in [1.54, 1.807) is 18.3 Å². The quantitative estimate of drug-likeness (QED) is 0.767. The molecule has 18 heavy (non-hydrogen) atoms. The van der Waals surface area contributed by atoms with Crippen LogP contribution in [0.2, 0.25) is 0 Å². The van der Waals surface area contributed by atoms with Crippen LogP contribution in [0.4, 0.5) is 0 Å². The monoisotopic (exact) mass is 239 g/mol. The zero-order chi connectivity index (χ0) is 12.5. The van der Waals surface area contributed by atoms with Gasteiger partial charge < -0.3 is 4.74 Å². The predicted octanol–water partition coefficient (Wildman–Crippen LogP) is 3.18. The molecule has 3 rings (SSSR count). The zero-order valence-electron chi connectivity index (χ0n) is 10.1. The first-order valence-corrected chi connectivity index (χ1v) is 6.06. The standard InChI is InChI=1S/C15H13NO2/c1-2-10-5-3-7-14-12(10)9-13(17)11-6-4-8-16-15(11)18-14/h3-8H,2,9H2,1H3. The molecular formula is C15H13NO2. The van der Waals surface area contributed by atoms with E-state index in [2.05, 4.69) is 11.9 Å². The molecule has 0 saturated carbocycles. The Morgan fingerprint density at radius 1 is 1.28 bits per heavy atom. The van der Waals surface area contributed by atoms with Crippen molar-refractivity contribution in [2.75, 3.05) is 0 Å². The Bertz CT molecular complexity index is 620. The van der Waals surface area contributed by atoms with Crippen LogP contribution in [0, 0.1) is 0 Å². The maximum absolute atomic E-state index is 12.2. The Balaban J connectivity index is 2.18. The lowest BCUT2D eigenvalue weighted by Gasteiger charge is -2.09. The summed E-state index contributed by atoms with van der Waals surface area (Å²) >= 11 is 0. The fourth-order valence-corrected chi connectivity index (χ4v) is 2.28. The van der Waals surface area contributed by atoms with E-state index in [0.717, 1.165) is 23.3 Å². The smallest absolute Gasteiger partial charge is 0.230 e. The molecule has 3 nitrogen and oxygen atoms in total.